The molecule has 0 spiro atoms. The third-order valence-electron chi connectivity index (χ3n) is 1.45. The van der Waals surface area contributed by atoms with Crippen LogP contribution in [0, 0.1) is 0 Å². The largest absolute Gasteiger partial charge is 2.00 e. The molecular weight excluding hydrogens is 283 g/mol. The van der Waals surface area contributed by atoms with Gasteiger partial charge in [0.05, 0.1) is 0 Å². The molecule has 0 aromatic carbocycles. The van der Waals surface area contributed by atoms with E-state index < -0.39 is 0 Å². The summed E-state index contributed by atoms with van der Waals surface area (Å²) in [5.74, 6) is 0. The fourth-order valence-electron chi connectivity index (χ4n) is 0.958. The van der Waals surface area contributed by atoms with Crippen molar-refractivity contribution in [2.24, 2.45) is 5.73 Å². The maximum absolute atomic E-state index is 5.37. The van der Waals surface area contributed by atoms with Crippen molar-refractivity contribution in [1.82, 2.24) is 5.32 Å². The number of nitrogens with one attached hydrogen (secondary N) is 1. The van der Waals surface area contributed by atoms with E-state index >= 15 is 0 Å². The molecule has 0 amide bonds. The normalized spacial score (nSPS) is 27.4. The minimum absolute atomic E-state index is 0. The molecule has 8 heavy (non-hydrogen) atoms. The number of rotatable bonds is 1. The molecule has 0 saturated carbocycles. The van der Waals surface area contributed by atoms with E-state index in [0.717, 1.165) is 6.54 Å². The van der Waals surface area contributed by atoms with E-state index in [1.54, 1.807) is 0 Å². The van der Waals surface area contributed by atoms with Crippen LogP contribution in [0.1, 0.15) is 12.8 Å². The standard InChI is InChI=1S/C5H12N2.Pt/c6-4-5-2-1-3-7-5;/h5,7H,1-4,6H2;/q;+2. The van der Waals surface area contributed by atoms with Crippen LogP contribution in [0.5, 0.6) is 0 Å². The molecule has 0 aromatic rings. The molecule has 1 unspecified atom stereocenters. The van der Waals surface area contributed by atoms with Gasteiger partial charge in [0.2, 0.25) is 0 Å². The van der Waals surface area contributed by atoms with Crippen LogP contribution in [0.4, 0.5) is 0 Å². The summed E-state index contributed by atoms with van der Waals surface area (Å²) in [5.41, 5.74) is 5.37. The molecule has 0 aliphatic carbocycles. The molecule has 3 N–H and O–H groups in total. The summed E-state index contributed by atoms with van der Waals surface area (Å²) in [7, 11) is 0. The molecule has 1 atom stereocenters. The van der Waals surface area contributed by atoms with E-state index in [-0.39, 0.29) is 21.1 Å². The predicted molar refractivity (Wildman–Crippen MR) is 30.1 cm³/mol. The average Bonchev–Trinajstić information content (AvgIpc) is 2.14. The van der Waals surface area contributed by atoms with Crippen LogP contribution in [0.3, 0.4) is 0 Å². The van der Waals surface area contributed by atoms with Gasteiger partial charge in [-0.3, -0.25) is 0 Å². The fourth-order valence-corrected chi connectivity index (χ4v) is 0.958. The van der Waals surface area contributed by atoms with E-state index in [1.807, 2.05) is 0 Å². The maximum Gasteiger partial charge on any atom is 2.00 e. The molecule has 0 bridgehead atoms. The van der Waals surface area contributed by atoms with Gasteiger partial charge in [0, 0.05) is 12.6 Å². The fraction of sp³-hybridized carbons (Fsp3) is 1.00. The third kappa shape index (κ3) is 2.25. The molecule has 1 heterocycles. The van der Waals surface area contributed by atoms with E-state index in [9.17, 15) is 0 Å². The molecule has 3 heteroatoms. The third-order valence-corrected chi connectivity index (χ3v) is 1.45. The molecule has 0 aromatic heterocycles. The molecular formula is C5H12N2Pt+2. The zero-order valence-electron chi connectivity index (χ0n) is 4.80. The Labute approximate surface area is 64.5 Å². The molecule has 1 saturated heterocycles. The summed E-state index contributed by atoms with van der Waals surface area (Å²) in [5, 5.41) is 3.28. The predicted octanol–water partition coefficient (Wildman–Crippen LogP) is -0.305. The molecule has 1 rings (SSSR count). The van der Waals surface area contributed by atoms with Crippen LogP contribution in [-0.2, 0) is 21.1 Å². The second kappa shape index (κ2) is 4.48. The number of hydrogen-bond acceptors (Lipinski definition) is 2. The van der Waals surface area contributed by atoms with E-state index in [2.05, 4.69) is 5.32 Å². The summed E-state index contributed by atoms with van der Waals surface area (Å²) in [6.45, 7) is 1.97. The quantitative estimate of drug-likeness (QED) is 0.697. The van der Waals surface area contributed by atoms with Crippen molar-refractivity contribution in [3.8, 4) is 0 Å². The van der Waals surface area contributed by atoms with Crippen molar-refractivity contribution >= 4 is 0 Å². The average molecular weight is 295 g/mol. The first-order valence-corrected chi connectivity index (χ1v) is 2.87. The van der Waals surface area contributed by atoms with Crippen LogP contribution in [0.25, 0.3) is 0 Å². The summed E-state index contributed by atoms with van der Waals surface area (Å²) in [6.07, 6.45) is 2.58. The summed E-state index contributed by atoms with van der Waals surface area (Å²) < 4.78 is 0. The van der Waals surface area contributed by atoms with Gasteiger partial charge in [-0.25, -0.2) is 0 Å². The summed E-state index contributed by atoms with van der Waals surface area (Å²) >= 11 is 0. The van der Waals surface area contributed by atoms with Crippen LogP contribution in [0.2, 0.25) is 0 Å². The molecule has 0 radical (unpaired) electrons. The van der Waals surface area contributed by atoms with Crippen molar-refractivity contribution in [2.75, 3.05) is 13.1 Å². The Kier molecular flexibility index (Phi) is 4.82. The Morgan fingerprint density at radius 1 is 1.62 bits per heavy atom. The summed E-state index contributed by atoms with van der Waals surface area (Å²) in [6, 6.07) is 0.625. The molecule has 1 aliphatic rings. The van der Waals surface area contributed by atoms with Gasteiger partial charge in [0.25, 0.3) is 0 Å². The molecule has 50 valence electrons. The summed E-state index contributed by atoms with van der Waals surface area (Å²) in [4.78, 5) is 0. The van der Waals surface area contributed by atoms with Gasteiger partial charge >= 0.3 is 21.1 Å². The molecule has 2 nitrogen and oxygen atoms in total. The van der Waals surface area contributed by atoms with Gasteiger partial charge in [-0.15, -0.1) is 0 Å². The van der Waals surface area contributed by atoms with Crippen molar-refractivity contribution in [3.63, 3.8) is 0 Å². The van der Waals surface area contributed by atoms with Crippen LogP contribution in [-0.4, -0.2) is 19.1 Å². The zero-order chi connectivity index (χ0) is 5.11. The van der Waals surface area contributed by atoms with Gasteiger partial charge in [-0.05, 0) is 19.4 Å². The Morgan fingerprint density at radius 2 is 2.38 bits per heavy atom. The number of hydrogen-bond donors (Lipinski definition) is 2. The van der Waals surface area contributed by atoms with Gasteiger partial charge < -0.3 is 11.1 Å². The first kappa shape index (κ1) is 8.61. The second-order valence-electron chi connectivity index (χ2n) is 2.03. The Bertz CT molecular complexity index is 52.4. The van der Waals surface area contributed by atoms with E-state index in [0.29, 0.717) is 6.04 Å². The van der Waals surface area contributed by atoms with Crippen LogP contribution < -0.4 is 11.1 Å². The monoisotopic (exact) mass is 295 g/mol. The van der Waals surface area contributed by atoms with Gasteiger partial charge in [-0.1, -0.05) is 0 Å². The topological polar surface area (TPSA) is 38.0 Å². The van der Waals surface area contributed by atoms with Crippen molar-refractivity contribution < 1.29 is 21.1 Å². The Balaban J connectivity index is 0.000000490. The minimum atomic E-state index is 0. The van der Waals surface area contributed by atoms with Crippen molar-refractivity contribution in [1.29, 1.82) is 0 Å². The van der Waals surface area contributed by atoms with Gasteiger partial charge in [0.1, 0.15) is 0 Å². The van der Waals surface area contributed by atoms with Gasteiger partial charge in [0.15, 0.2) is 0 Å². The molecule has 1 aliphatic heterocycles. The van der Waals surface area contributed by atoms with Gasteiger partial charge in [-0.2, -0.15) is 0 Å². The minimum Gasteiger partial charge on any atom is -0.329 e. The number of nitrogens with two attached hydrogens (primary N) is 1. The second-order valence-corrected chi connectivity index (χ2v) is 2.03. The smallest absolute Gasteiger partial charge is 0.329 e. The van der Waals surface area contributed by atoms with E-state index in [1.165, 1.54) is 19.4 Å². The van der Waals surface area contributed by atoms with Crippen LogP contribution >= 0.6 is 0 Å². The van der Waals surface area contributed by atoms with E-state index in [4.69, 9.17) is 5.73 Å². The Hall–Kier alpha value is 0.608. The van der Waals surface area contributed by atoms with Crippen molar-refractivity contribution in [3.05, 3.63) is 0 Å². The Morgan fingerprint density at radius 3 is 2.62 bits per heavy atom. The molecule has 1 fully saturated rings. The van der Waals surface area contributed by atoms with Crippen molar-refractivity contribution in [2.45, 2.75) is 18.9 Å². The first-order valence-electron chi connectivity index (χ1n) is 2.87. The zero-order valence-corrected chi connectivity index (χ0v) is 7.07. The first-order chi connectivity index (χ1) is 3.43. The maximum atomic E-state index is 5.37. The van der Waals surface area contributed by atoms with Crippen LogP contribution in [0.15, 0.2) is 0 Å². The SMILES string of the molecule is NCC1CCCN1.[Pt+2].